The summed E-state index contributed by atoms with van der Waals surface area (Å²) >= 11 is 0. The molecule has 3 aliphatic heterocycles. The summed E-state index contributed by atoms with van der Waals surface area (Å²) < 4.78 is 5.20. The van der Waals surface area contributed by atoms with Crippen LogP contribution < -0.4 is 0 Å². The van der Waals surface area contributed by atoms with Crippen molar-refractivity contribution >= 4 is 17.7 Å². The molecule has 0 aromatic carbocycles. The Kier molecular flexibility index (Phi) is 4.08. The van der Waals surface area contributed by atoms with Crippen molar-refractivity contribution in [2.45, 2.75) is 19.3 Å². The first-order valence-electron chi connectivity index (χ1n) is 7.95. The van der Waals surface area contributed by atoms with E-state index in [9.17, 15) is 14.4 Å². The SMILES string of the molecule is CN1CCC[C@]2(CCN(C(=O)C(=O)N3CCOCC3)C2)C1=O. The van der Waals surface area contributed by atoms with Gasteiger partial charge in [0.1, 0.15) is 0 Å². The van der Waals surface area contributed by atoms with E-state index in [1.54, 1.807) is 14.7 Å². The van der Waals surface area contributed by atoms with Crippen LogP contribution in [-0.4, -0.2) is 85.4 Å². The largest absolute Gasteiger partial charge is 0.378 e. The van der Waals surface area contributed by atoms with Crippen molar-refractivity contribution in [2.24, 2.45) is 5.41 Å². The Morgan fingerprint density at radius 2 is 1.68 bits per heavy atom. The molecule has 3 fully saturated rings. The smallest absolute Gasteiger partial charge is 0.312 e. The van der Waals surface area contributed by atoms with Crippen molar-refractivity contribution in [1.82, 2.24) is 14.7 Å². The first-order valence-corrected chi connectivity index (χ1v) is 7.95. The maximum absolute atomic E-state index is 12.5. The Balaban J connectivity index is 1.65. The summed E-state index contributed by atoms with van der Waals surface area (Å²) in [5.41, 5.74) is -0.464. The van der Waals surface area contributed by atoms with E-state index in [1.807, 2.05) is 7.05 Å². The number of morpholine rings is 1. The average Bonchev–Trinajstić information content (AvgIpc) is 2.97. The van der Waals surface area contributed by atoms with Gasteiger partial charge in [-0.2, -0.15) is 0 Å². The number of rotatable bonds is 0. The molecule has 122 valence electrons. The molecule has 0 aromatic rings. The van der Waals surface area contributed by atoms with Crippen LogP contribution in [0.5, 0.6) is 0 Å². The van der Waals surface area contributed by atoms with Crippen molar-refractivity contribution in [3.05, 3.63) is 0 Å². The van der Waals surface area contributed by atoms with E-state index in [0.29, 0.717) is 45.8 Å². The Labute approximate surface area is 130 Å². The number of nitrogens with zero attached hydrogens (tertiary/aromatic N) is 3. The molecule has 0 aromatic heterocycles. The van der Waals surface area contributed by atoms with Crippen LogP contribution in [-0.2, 0) is 19.1 Å². The molecule has 0 radical (unpaired) electrons. The van der Waals surface area contributed by atoms with Crippen molar-refractivity contribution < 1.29 is 19.1 Å². The van der Waals surface area contributed by atoms with Crippen LogP contribution in [0.4, 0.5) is 0 Å². The molecule has 1 spiro atoms. The summed E-state index contributed by atoms with van der Waals surface area (Å²) in [6.45, 7) is 3.54. The molecule has 3 heterocycles. The number of carbonyl (C=O) groups excluding carboxylic acids is 3. The Morgan fingerprint density at radius 1 is 1.00 bits per heavy atom. The van der Waals surface area contributed by atoms with E-state index < -0.39 is 17.2 Å². The van der Waals surface area contributed by atoms with Crippen LogP contribution >= 0.6 is 0 Å². The van der Waals surface area contributed by atoms with E-state index in [1.165, 1.54) is 0 Å². The standard InChI is InChI=1S/C15H23N3O4/c1-16-5-2-3-15(14(16)21)4-6-18(11-15)13(20)12(19)17-7-9-22-10-8-17/h2-11H2,1H3/t15-/m1/s1. The van der Waals surface area contributed by atoms with E-state index in [4.69, 9.17) is 4.74 Å². The molecule has 3 rings (SSSR count). The molecule has 1 atom stereocenters. The van der Waals surface area contributed by atoms with Gasteiger partial charge in [-0.05, 0) is 19.3 Å². The molecule has 3 saturated heterocycles. The van der Waals surface area contributed by atoms with Gasteiger partial charge in [0.25, 0.3) is 0 Å². The predicted molar refractivity (Wildman–Crippen MR) is 77.9 cm³/mol. The molecule has 3 aliphatic rings. The van der Waals surface area contributed by atoms with Gasteiger partial charge in [-0.1, -0.05) is 0 Å². The van der Waals surface area contributed by atoms with E-state index in [0.717, 1.165) is 19.4 Å². The van der Waals surface area contributed by atoms with Crippen LogP contribution in [0, 0.1) is 5.41 Å². The third kappa shape index (κ3) is 2.58. The van der Waals surface area contributed by atoms with Gasteiger partial charge in [-0.15, -0.1) is 0 Å². The summed E-state index contributed by atoms with van der Waals surface area (Å²) in [6, 6.07) is 0. The van der Waals surface area contributed by atoms with Crippen LogP contribution in [0.15, 0.2) is 0 Å². The summed E-state index contributed by atoms with van der Waals surface area (Å²) in [6.07, 6.45) is 2.44. The first kappa shape index (κ1) is 15.3. The van der Waals surface area contributed by atoms with E-state index in [2.05, 4.69) is 0 Å². The maximum Gasteiger partial charge on any atom is 0.312 e. The molecule has 0 N–H and O–H groups in total. The van der Waals surface area contributed by atoms with E-state index in [-0.39, 0.29) is 5.91 Å². The second kappa shape index (κ2) is 5.87. The minimum absolute atomic E-state index is 0.118. The van der Waals surface area contributed by atoms with Gasteiger partial charge >= 0.3 is 11.8 Å². The minimum atomic E-state index is -0.472. The van der Waals surface area contributed by atoms with Gasteiger partial charge in [0.15, 0.2) is 0 Å². The zero-order valence-electron chi connectivity index (χ0n) is 13.0. The average molecular weight is 309 g/mol. The summed E-state index contributed by atoms with van der Waals surface area (Å²) in [7, 11) is 1.81. The molecular formula is C15H23N3O4. The van der Waals surface area contributed by atoms with E-state index >= 15 is 0 Å². The number of carbonyl (C=O) groups is 3. The molecule has 0 unspecified atom stereocenters. The van der Waals surface area contributed by atoms with Crippen LogP contribution in [0.25, 0.3) is 0 Å². The zero-order valence-corrected chi connectivity index (χ0v) is 13.0. The Morgan fingerprint density at radius 3 is 2.41 bits per heavy atom. The van der Waals surface area contributed by atoms with Crippen LogP contribution in [0.3, 0.4) is 0 Å². The molecule has 3 amide bonds. The van der Waals surface area contributed by atoms with Gasteiger partial charge in [-0.3, -0.25) is 14.4 Å². The second-order valence-electron chi connectivity index (χ2n) is 6.49. The molecule has 7 nitrogen and oxygen atoms in total. The maximum atomic E-state index is 12.5. The third-order valence-electron chi connectivity index (χ3n) is 5.07. The number of hydrogen-bond donors (Lipinski definition) is 0. The lowest BCUT2D eigenvalue weighted by atomic mass is 9.78. The molecule has 7 heteroatoms. The van der Waals surface area contributed by atoms with Gasteiger partial charge in [0.05, 0.1) is 18.6 Å². The molecule has 0 saturated carbocycles. The predicted octanol–water partition coefficient (Wildman–Crippen LogP) is -0.684. The Bertz CT molecular complexity index is 489. The highest BCUT2D eigenvalue weighted by atomic mass is 16.5. The normalized spacial score (nSPS) is 29.3. The van der Waals surface area contributed by atoms with Gasteiger partial charge < -0.3 is 19.4 Å². The van der Waals surface area contributed by atoms with Gasteiger partial charge in [0, 0.05) is 39.8 Å². The topological polar surface area (TPSA) is 70.2 Å². The number of piperidine rings is 1. The van der Waals surface area contributed by atoms with Gasteiger partial charge in [0.2, 0.25) is 5.91 Å². The number of amides is 3. The van der Waals surface area contributed by atoms with Crippen molar-refractivity contribution in [3.63, 3.8) is 0 Å². The molecular weight excluding hydrogens is 286 g/mol. The number of hydrogen-bond acceptors (Lipinski definition) is 4. The lowest BCUT2D eigenvalue weighted by molar-refractivity contribution is -0.154. The minimum Gasteiger partial charge on any atom is -0.378 e. The highest BCUT2D eigenvalue weighted by Gasteiger charge is 2.49. The van der Waals surface area contributed by atoms with Crippen molar-refractivity contribution in [3.8, 4) is 0 Å². The van der Waals surface area contributed by atoms with Crippen molar-refractivity contribution in [1.29, 1.82) is 0 Å². The Hall–Kier alpha value is -1.63. The zero-order chi connectivity index (χ0) is 15.7. The van der Waals surface area contributed by atoms with Crippen LogP contribution in [0.2, 0.25) is 0 Å². The summed E-state index contributed by atoms with van der Waals surface area (Å²) in [5, 5.41) is 0. The number of ether oxygens (including phenoxy) is 1. The molecule has 0 bridgehead atoms. The lowest BCUT2D eigenvalue weighted by Gasteiger charge is -2.37. The van der Waals surface area contributed by atoms with Crippen molar-refractivity contribution in [2.75, 3.05) is 53.0 Å². The highest BCUT2D eigenvalue weighted by molar-refractivity contribution is 6.35. The highest BCUT2D eigenvalue weighted by Crippen LogP contribution is 2.39. The summed E-state index contributed by atoms with van der Waals surface area (Å²) in [5.74, 6) is -0.815. The quantitative estimate of drug-likeness (QED) is 0.556. The van der Waals surface area contributed by atoms with Gasteiger partial charge in [-0.25, -0.2) is 0 Å². The second-order valence-corrected chi connectivity index (χ2v) is 6.49. The monoisotopic (exact) mass is 309 g/mol. The molecule has 0 aliphatic carbocycles. The number of likely N-dealkylation sites (tertiary alicyclic amines) is 2. The summed E-state index contributed by atoms with van der Waals surface area (Å²) in [4.78, 5) is 42.0. The lowest BCUT2D eigenvalue weighted by Crippen LogP contribution is -2.51. The fraction of sp³-hybridized carbons (Fsp3) is 0.800. The third-order valence-corrected chi connectivity index (χ3v) is 5.07. The fourth-order valence-electron chi connectivity index (χ4n) is 3.73. The first-order chi connectivity index (χ1) is 10.5. The van der Waals surface area contributed by atoms with Crippen LogP contribution in [0.1, 0.15) is 19.3 Å². The fourth-order valence-corrected chi connectivity index (χ4v) is 3.73. The molecule has 22 heavy (non-hydrogen) atoms.